The number of aromatic amines is 1. The molecule has 0 unspecified atom stereocenters. The number of hydrogen-bond donors (Lipinski definition) is 3. The van der Waals surface area contributed by atoms with E-state index in [0.29, 0.717) is 23.6 Å². The number of pyridine rings is 1. The van der Waals surface area contributed by atoms with Gasteiger partial charge in [-0.3, -0.25) is 4.79 Å². The number of fused-ring (bicyclic) bond motifs is 1. The SMILES string of the molecule is CCNC(=O)C(C)(C)Nc1nc(-c2c[nH]c3ncccc23)ncc1F.[HH].[HH].[HH]. The molecule has 0 saturated heterocycles. The van der Waals surface area contributed by atoms with Gasteiger partial charge in [0.2, 0.25) is 5.91 Å². The summed E-state index contributed by atoms with van der Waals surface area (Å²) in [5, 5.41) is 6.41. The minimum atomic E-state index is -1.02. The van der Waals surface area contributed by atoms with E-state index in [1.807, 2.05) is 13.0 Å². The number of aromatic nitrogens is 4. The van der Waals surface area contributed by atoms with Crippen molar-refractivity contribution in [2.45, 2.75) is 26.3 Å². The molecule has 3 aromatic heterocycles. The summed E-state index contributed by atoms with van der Waals surface area (Å²) in [5.41, 5.74) is 0.383. The minimum Gasteiger partial charge on any atom is -0.354 e. The van der Waals surface area contributed by atoms with E-state index in [4.69, 9.17) is 0 Å². The fraction of sp³-hybridized carbons (Fsp3) is 0.294. The number of rotatable bonds is 5. The first kappa shape index (κ1) is 16.8. The molecule has 0 aromatic carbocycles. The van der Waals surface area contributed by atoms with Crippen molar-refractivity contribution in [2.75, 3.05) is 11.9 Å². The summed E-state index contributed by atoms with van der Waals surface area (Å²) in [5.74, 6) is -0.556. The Bertz CT molecular complexity index is 934. The van der Waals surface area contributed by atoms with Crippen LogP contribution in [-0.2, 0) is 4.79 Å². The van der Waals surface area contributed by atoms with Gasteiger partial charge in [-0.15, -0.1) is 0 Å². The number of anilines is 1. The molecule has 25 heavy (non-hydrogen) atoms. The molecule has 0 radical (unpaired) electrons. The van der Waals surface area contributed by atoms with Crippen LogP contribution in [0.3, 0.4) is 0 Å². The third-order valence-corrected chi connectivity index (χ3v) is 3.77. The van der Waals surface area contributed by atoms with Gasteiger partial charge < -0.3 is 15.6 Å². The minimum absolute atomic E-state index is 0. The number of H-pyrrole nitrogens is 1. The number of amides is 1. The lowest BCUT2D eigenvalue weighted by atomic mass is 10.0. The maximum atomic E-state index is 14.2. The maximum absolute atomic E-state index is 14.2. The van der Waals surface area contributed by atoms with Crippen molar-refractivity contribution in [3.05, 3.63) is 36.5 Å². The van der Waals surface area contributed by atoms with Crippen molar-refractivity contribution in [1.82, 2.24) is 25.3 Å². The van der Waals surface area contributed by atoms with Gasteiger partial charge in [0.1, 0.15) is 11.2 Å². The summed E-state index contributed by atoms with van der Waals surface area (Å²) in [7, 11) is 0. The number of hydrogen-bond acceptors (Lipinski definition) is 5. The van der Waals surface area contributed by atoms with E-state index in [1.54, 1.807) is 32.3 Å². The molecule has 136 valence electrons. The lowest BCUT2D eigenvalue weighted by Crippen LogP contribution is -2.48. The average Bonchev–Trinajstić information content (AvgIpc) is 3.01. The Hall–Kier alpha value is -3.03. The van der Waals surface area contributed by atoms with E-state index in [0.717, 1.165) is 11.6 Å². The molecule has 0 aliphatic heterocycles. The first-order chi connectivity index (χ1) is 11.9. The monoisotopic (exact) mass is 348 g/mol. The van der Waals surface area contributed by atoms with E-state index < -0.39 is 11.4 Å². The van der Waals surface area contributed by atoms with Crippen molar-refractivity contribution in [2.24, 2.45) is 0 Å². The van der Waals surface area contributed by atoms with Crippen molar-refractivity contribution in [3.8, 4) is 11.4 Å². The molecule has 3 heterocycles. The highest BCUT2D eigenvalue weighted by Gasteiger charge is 2.28. The highest BCUT2D eigenvalue weighted by atomic mass is 19.1. The molecule has 0 atom stereocenters. The van der Waals surface area contributed by atoms with Gasteiger partial charge in [0.05, 0.1) is 6.20 Å². The molecule has 8 heteroatoms. The van der Waals surface area contributed by atoms with Gasteiger partial charge in [0.25, 0.3) is 0 Å². The third kappa shape index (κ3) is 3.28. The standard InChI is InChI=1S/C17H19FN6O.3H2/c1-4-19-16(25)17(2,3)24-15-12(18)9-22-14(23-15)11-8-21-13-10(11)6-5-7-20-13;;;/h5-9H,4H2,1-3H3,(H,19,25)(H,20,21)(H,22,23,24);3*1H. The van der Waals surface area contributed by atoms with Crippen LogP contribution < -0.4 is 10.6 Å². The zero-order valence-corrected chi connectivity index (χ0v) is 14.2. The van der Waals surface area contributed by atoms with Crippen LogP contribution in [0, 0.1) is 5.82 Å². The Labute approximate surface area is 148 Å². The van der Waals surface area contributed by atoms with Crippen LogP contribution in [0.15, 0.2) is 30.7 Å². The van der Waals surface area contributed by atoms with Crippen LogP contribution in [0.4, 0.5) is 10.2 Å². The van der Waals surface area contributed by atoms with E-state index in [-0.39, 0.29) is 16.0 Å². The number of nitrogens with zero attached hydrogens (tertiary/aromatic N) is 3. The van der Waals surface area contributed by atoms with Crippen LogP contribution in [0.1, 0.15) is 25.1 Å². The Morgan fingerprint density at radius 3 is 2.96 bits per heavy atom. The lowest BCUT2D eigenvalue weighted by Gasteiger charge is -2.25. The first-order valence-electron chi connectivity index (χ1n) is 7.94. The number of likely N-dealkylation sites (N-methyl/N-ethyl adjacent to an activating group) is 1. The zero-order valence-electron chi connectivity index (χ0n) is 14.2. The lowest BCUT2D eigenvalue weighted by molar-refractivity contribution is -0.124. The number of carbonyl (C=O) groups excluding carboxylic acids is 1. The van der Waals surface area contributed by atoms with E-state index in [2.05, 4.69) is 30.6 Å². The molecule has 0 spiro atoms. The summed E-state index contributed by atoms with van der Waals surface area (Å²) in [6.45, 7) is 5.63. The molecular formula is C17H25FN6O. The van der Waals surface area contributed by atoms with Gasteiger partial charge in [-0.05, 0) is 32.9 Å². The van der Waals surface area contributed by atoms with E-state index >= 15 is 0 Å². The van der Waals surface area contributed by atoms with Crippen LogP contribution in [0.2, 0.25) is 0 Å². The highest BCUT2D eigenvalue weighted by molar-refractivity contribution is 5.92. The Morgan fingerprint density at radius 2 is 2.20 bits per heavy atom. The summed E-state index contributed by atoms with van der Waals surface area (Å²) in [4.78, 5) is 27.7. The molecule has 3 rings (SSSR count). The van der Waals surface area contributed by atoms with Gasteiger partial charge in [-0.25, -0.2) is 19.3 Å². The second kappa shape index (κ2) is 6.46. The molecule has 3 aromatic rings. The quantitative estimate of drug-likeness (QED) is 0.658. The topological polar surface area (TPSA) is 95.6 Å². The van der Waals surface area contributed by atoms with Gasteiger partial charge in [-0.2, -0.15) is 0 Å². The third-order valence-electron chi connectivity index (χ3n) is 3.77. The van der Waals surface area contributed by atoms with Crippen LogP contribution in [0.5, 0.6) is 0 Å². The van der Waals surface area contributed by atoms with Crippen LogP contribution in [-0.4, -0.2) is 37.9 Å². The maximum Gasteiger partial charge on any atom is 0.245 e. The van der Waals surface area contributed by atoms with Gasteiger partial charge in [0.15, 0.2) is 17.5 Å². The predicted octanol–water partition coefficient (Wildman–Crippen LogP) is 3.22. The van der Waals surface area contributed by atoms with Crippen molar-refractivity contribution in [3.63, 3.8) is 0 Å². The summed E-state index contributed by atoms with van der Waals surface area (Å²) >= 11 is 0. The molecule has 7 nitrogen and oxygen atoms in total. The van der Waals surface area contributed by atoms with Crippen molar-refractivity contribution >= 4 is 22.8 Å². The molecule has 0 fully saturated rings. The summed E-state index contributed by atoms with van der Waals surface area (Å²) in [6.07, 6.45) is 4.49. The molecule has 0 aliphatic carbocycles. The Balaban J connectivity index is 0.00000243. The second-order valence-electron chi connectivity index (χ2n) is 6.10. The number of carbonyl (C=O) groups is 1. The first-order valence-corrected chi connectivity index (χ1v) is 7.94. The summed E-state index contributed by atoms with van der Waals surface area (Å²) < 4.78 is 14.2. The van der Waals surface area contributed by atoms with E-state index in [9.17, 15) is 9.18 Å². The molecule has 0 saturated carbocycles. The largest absolute Gasteiger partial charge is 0.354 e. The van der Waals surface area contributed by atoms with Gasteiger partial charge in [0, 0.05) is 34.2 Å². The molecule has 0 bridgehead atoms. The molecule has 1 amide bonds. The number of nitrogens with one attached hydrogen (secondary N) is 3. The molecular weight excluding hydrogens is 323 g/mol. The second-order valence-corrected chi connectivity index (χ2v) is 6.10. The number of halogens is 1. The van der Waals surface area contributed by atoms with Crippen molar-refractivity contribution < 1.29 is 13.5 Å². The molecule has 3 N–H and O–H groups in total. The van der Waals surface area contributed by atoms with Crippen LogP contribution in [0.25, 0.3) is 22.4 Å². The normalized spacial score (nSPS) is 11.5. The Morgan fingerprint density at radius 1 is 1.40 bits per heavy atom. The Kier molecular flexibility index (Phi) is 4.35. The van der Waals surface area contributed by atoms with Crippen molar-refractivity contribution in [1.29, 1.82) is 0 Å². The predicted molar refractivity (Wildman–Crippen MR) is 99.8 cm³/mol. The highest BCUT2D eigenvalue weighted by Crippen LogP contribution is 2.26. The zero-order chi connectivity index (χ0) is 18.0. The summed E-state index contributed by atoms with van der Waals surface area (Å²) in [6, 6.07) is 3.69. The smallest absolute Gasteiger partial charge is 0.245 e. The fourth-order valence-electron chi connectivity index (χ4n) is 2.46. The molecule has 0 aliphatic rings. The average molecular weight is 348 g/mol. The fourth-order valence-corrected chi connectivity index (χ4v) is 2.46. The van der Waals surface area contributed by atoms with E-state index in [1.165, 1.54) is 0 Å². The van der Waals surface area contributed by atoms with Crippen LogP contribution >= 0.6 is 0 Å². The van der Waals surface area contributed by atoms with Gasteiger partial charge in [-0.1, -0.05) is 0 Å². The van der Waals surface area contributed by atoms with Gasteiger partial charge >= 0.3 is 0 Å².